The van der Waals surface area contributed by atoms with Gasteiger partial charge in [-0.15, -0.1) is 11.8 Å². The largest absolute Gasteiger partial charge is 0.326 e. The highest BCUT2D eigenvalue weighted by atomic mass is 35.5. The van der Waals surface area contributed by atoms with E-state index in [0.717, 1.165) is 23.4 Å². The van der Waals surface area contributed by atoms with Gasteiger partial charge in [0.2, 0.25) is 11.8 Å². The first-order valence-corrected chi connectivity index (χ1v) is 9.72. The number of aromatic nitrogens is 1. The number of amides is 2. The van der Waals surface area contributed by atoms with Crippen molar-refractivity contribution in [2.24, 2.45) is 0 Å². The second kappa shape index (κ2) is 10.2. The van der Waals surface area contributed by atoms with Gasteiger partial charge in [-0.1, -0.05) is 31.0 Å². The number of nitrogens with one attached hydrogen (secondary N) is 2. The summed E-state index contributed by atoms with van der Waals surface area (Å²) in [5.74, 6) is 0.319. The van der Waals surface area contributed by atoms with E-state index in [2.05, 4.69) is 22.5 Å². The Morgan fingerprint density at radius 3 is 2.73 bits per heavy atom. The number of hydrogen-bond acceptors (Lipinski definition) is 4. The van der Waals surface area contributed by atoms with Crippen molar-refractivity contribution in [3.8, 4) is 0 Å². The zero-order valence-corrected chi connectivity index (χ0v) is 16.4. The molecular weight excluding hydrogens is 370 g/mol. The fourth-order valence-corrected chi connectivity index (χ4v) is 3.18. The maximum Gasteiger partial charge on any atom is 0.238 e. The van der Waals surface area contributed by atoms with Crippen molar-refractivity contribution in [2.75, 3.05) is 10.6 Å². The molecule has 2 rings (SSSR count). The molecule has 0 bridgehead atoms. The number of thioether (sulfide) groups is 1. The van der Waals surface area contributed by atoms with Crippen molar-refractivity contribution in [1.29, 1.82) is 0 Å². The molecule has 1 unspecified atom stereocenters. The van der Waals surface area contributed by atoms with Crippen LogP contribution in [-0.2, 0) is 9.59 Å². The third-order valence-electron chi connectivity index (χ3n) is 3.54. The minimum atomic E-state index is -0.321. The average molecular weight is 392 g/mol. The highest BCUT2D eigenvalue weighted by Crippen LogP contribution is 2.26. The second-order valence-electron chi connectivity index (χ2n) is 5.79. The molecule has 7 heteroatoms. The van der Waals surface area contributed by atoms with Gasteiger partial charge in [0, 0.05) is 23.2 Å². The van der Waals surface area contributed by atoms with Crippen molar-refractivity contribution in [3.63, 3.8) is 0 Å². The molecule has 1 aromatic heterocycles. The molecule has 2 aromatic rings. The van der Waals surface area contributed by atoms with Gasteiger partial charge in [-0.05, 0) is 43.7 Å². The summed E-state index contributed by atoms with van der Waals surface area (Å²) in [5.41, 5.74) is 0.739. The minimum absolute atomic E-state index is 0.00797. The maximum absolute atomic E-state index is 12.3. The standard InChI is InChI=1S/C19H22ClN3O2S/c1-3-4-8-18(24)22-15-6-5-7-16(11-15)26-13(2)19(25)23-17-10-9-14(20)12-21-17/h5-7,9-13H,3-4,8H2,1-2H3,(H,22,24)(H,21,23,25). The van der Waals surface area contributed by atoms with E-state index in [1.165, 1.54) is 18.0 Å². The number of rotatable bonds is 8. The molecule has 1 heterocycles. The predicted molar refractivity (Wildman–Crippen MR) is 108 cm³/mol. The fourth-order valence-electron chi connectivity index (χ4n) is 2.14. The van der Waals surface area contributed by atoms with Crippen molar-refractivity contribution >= 4 is 46.7 Å². The van der Waals surface area contributed by atoms with Gasteiger partial charge >= 0.3 is 0 Å². The summed E-state index contributed by atoms with van der Waals surface area (Å²) < 4.78 is 0. The zero-order chi connectivity index (χ0) is 18.9. The molecule has 0 spiro atoms. The Morgan fingerprint density at radius 1 is 1.23 bits per heavy atom. The zero-order valence-electron chi connectivity index (χ0n) is 14.8. The van der Waals surface area contributed by atoms with Crippen LogP contribution < -0.4 is 10.6 Å². The smallest absolute Gasteiger partial charge is 0.238 e. The maximum atomic E-state index is 12.3. The van der Waals surface area contributed by atoms with Gasteiger partial charge in [0.15, 0.2) is 0 Å². The number of hydrogen-bond donors (Lipinski definition) is 2. The van der Waals surface area contributed by atoms with E-state index in [1.807, 2.05) is 31.2 Å². The van der Waals surface area contributed by atoms with Crippen LogP contribution in [0.5, 0.6) is 0 Å². The molecule has 2 N–H and O–H groups in total. The third kappa shape index (κ3) is 6.69. The highest BCUT2D eigenvalue weighted by Gasteiger charge is 2.15. The first kappa shape index (κ1) is 20.3. The number of anilines is 2. The summed E-state index contributed by atoms with van der Waals surface area (Å²) in [5, 5.41) is 5.85. The lowest BCUT2D eigenvalue weighted by Crippen LogP contribution is -2.22. The molecule has 1 atom stereocenters. The van der Waals surface area contributed by atoms with Crippen molar-refractivity contribution < 1.29 is 9.59 Å². The van der Waals surface area contributed by atoms with Gasteiger partial charge in [0.25, 0.3) is 0 Å². The van der Waals surface area contributed by atoms with E-state index in [9.17, 15) is 9.59 Å². The molecule has 0 saturated heterocycles. The van der Waals surface area contributed by atoms with E-state index in [1.54, 1.807) is 12.1 Å². The molecule has 0 aliphatic rings. The summed E-state index contributed by atoms with van der Waals surface area (Å²) in [6.45, 7) is 3.87. The molecule has 0 aliphatic heterocycles. The molecule has 0 radical (unpaired) electrons. The van der Waals surface area contributed by atoms with E-state index >= 15 is 0 Å². The van der Waals surface area contributed by atoms with Gasteiger partial charge in [-0.25, -0.2) is 4.98 Å². The Labute approximate surface area is 162 Å². The summed E-state index contributed by atoms with van der Waals surface area (Å²) >= 11 is 7.20. The number of nitrogens with zero attached hydrogens (tertiary/aromatic N) is 1. The van der Waals surface area contributed by atoms with E-state index in [-0.39, 0.29) is 17.1 Å². The minimum Gasteiger partial charge on any atom is -0.326 e. The lowest BCUT2D eigenvalue weighted by Gasteiger charge is -2.12. The predicted octanol–water partition coefficient (Wildman–Crippen LogP) is 4.98. The topological polar surface area (TPSA) is 71.1 Å². The summed E-state index contributed by atoms with van der Waals surface area (Å²) in [6.07, 6.45) is 3.86. The quantitative estimate of drug-likeness (QED) is 0.622. The first-order valence-electron chi connectivity index (χ1n) is 8.47. The van der Waals surface area contributed by atoms with Crippen LogP contribution in [0.3, 0.4) is 0 Å². The normalized spacial score (nSPS) is 11.7. The van der Waals surface area contributed by atoms with Crippen LogP contribution in [0.2, 0.25) is 5.02 Å². The number of halogens is 1. The Kier molecular flexibility index (Phi) is 7.94. The van der Waals surface area contributed by atoms with Crippen LogP contribution in [0.15, 0.2) is 47.5 Å². The summed E-state index contributed by atoms with van der Waals surface area (Å²) in [7, 11) is 0. The number of unbranched alkanes of at least 4 members (excludes halogenated alkanes) is 1. The Morgan fingerprint density at radius 2 is 2.04 bits per heavy atom. The Balaban J connectivity index is 1.92. The molecule has 1 aromatic carbocycles. The Bertz CT molecular complexity index is 753. The van der Waals surface area contributed by atoms with Crippen LogP contribution in [0.4, 0.5) is 11.5 Å². The van der Waals surface area contributed by atoms with Gasteiger partial charge in [0.1, 0.15) is 5.82 Å². The SMILES string of the molecule is CCCCC(=O)Nc1cccc(SC(C)C(=O)Nc2ccc(Cl)cn2)c1. The molecule has 138 valence electrons. The highest BCUT2D eigenvalue weighted by molar-refractivity contribution is 8.00. The Hall–Kier alpha value is -2.05. The van der Waals surface area contributed by atoms with Crippen LogP contribution in [-0.4, -0.2) is 22.0 Å². The molecule has 2 amide bonds. The van der Waals surface area contributed by atoms with Gasteiger partial charge < -0.3 is 10.6 Å². The molecule has 0 saturated carbocycles. The van der Waals surface area contributed by atoms with Crippen LogP contribution in [0.25, 0.3) is 0 Å². The third-order valence-corrected chi connectivity index (χ3v) is 4.85. The second-order valence-corrected chi connectivity index (χ2v) is 7.64. The number of pyridine rings is 1. The summed E-state index contributed by atoms with van der Waals surface area (Å²) in [6, 6.07) is 10.8. The number of carbonyl (C=O) groups is 2. The van der Waals surface area contributed by atoms with Crippen molar-refractivity contribution in [3.05, 3.63) is 47.6 Å². The van der Waals surface area contributed by atoms with Crippen molar-refractivity contribution in [1.82, 2.24) is 4.98 Å². The molecular formula is C19H22ClN3O2S. The lowest BCUT2D eigenvalue weighted by atomic mass is 10.2. The van der Waals surface area contributed by atoms with E-state index in [4.69, 9.17) is 11.6 Å². The molecule has 26 heavy (non-hydrogen) atoms. The first-order chi connectivity index (χ1) is 12.5. The fraction of sp³-hybridized carbons (Fsp3) is 0.316. The molecule has 0 aliphatic carbocycles. The number of carbonyl (C=O) groups excluding carboxylic acids is 2. The molecule has 5 nitrogen and oxygen atoms in total. The van der Waals surface area contributed by atoms with Gasteiger partial charge in [-0.3, -0.25) is 9.59 Å². The van der Waals surface area contributed by atoms with Gasteiger partial charge in [-0.2, -0.15) is 0 Å². The van der Waals surface area contributed by atoms with E-state index in [0.29, 0.717) is 17.3 Å². The monoisotopic (exact) mass is 391 g/mol. The van der Waals surface area contributed by atoms with Crippen LogP contribution >= 0.6 is 23.4 Å². The van der Waals surface area contributed by atoms with Crippen LogP contribution in [0.1, 0.15) is 33.1 Å². The average Bonchev–Trinajstić information content (AvgIpc) is 2.62. The van der Waals surface area contributed by atoms with Crippen molar-refractivity contribution in [2.45, 2.75) is 43.3 Å². The lowest BCUT2D eigenvalue weighted by molar-refractivity contribution is -0.116. The molecule has 0 fully saturated rings. The van der Waals surface area contributed by atoms with E-state index < -0.39 is 0 Å². The van der Waals surface area contributed by atoms with Gasteiger partial charge in [0.05, 0.1) is 10.3 Å². The van der Waals surface area contributed by atoms with Crippen LogP contribution in [0, 0.1) is 0 Å². The number of benzene rings is 1. The summed E-state index contributed by atoms with van der Waals surface area (Å²) in [4.78, 5) is 29.1.